The van der Waals surface area contributed by atoms with Crippen LogP contribution < -0.4 is 19.8 Å². The molecule has 1 unspecified atom stereocenters. The standard InChI is InChI=1S/C17H17ClFNO4.C15H12F3NO4S.C3H8NO5P.C3H9S/c1-9(2)15-16(21)20(17(22)24-15)13-8-14(11(18)7-12(13)19)23-10-5-3-4-6-10;1-24(21,22)12-6-9(15(16,17)18)4-5-10(12)13(20)11-7-19-23-14(11)8-2-3-8;5-3(6)1-4-2-10(7,8)9;1-4(2)3/h7-8,10H,3-6H2,1-2H3;4-8H,2-3H2,1H3;4H,1-2H2,(H,5,6)(H2,7,8,9);1-3H3/q;;;+1/p-1. The number of carbonyl (C=O) groups excluding carboxylic acids is 3. The number of ether oxygens (including phenoxy) is 2. The fourth-order valence-corrected chi connectivity index (χ4v) is 7.04. The zero-order chi connectivity index (χ0) is 46.9. The number of aromatic nitrogens is 1. The van der Waals surface area contributed by atoms with Gasteiger partial charge >= 0.3 is 24.1 Å². The minimum absolute atomic E-state index is 0.00962. The van der Waals surface area contributed by atoms with Gasteiger partial charge in [-0.1, -0.05) is 16.8 Å². The number of cyclic esters (lactones) is 1. The van der Waals surface area contributed by atoms with Crippen molar-refractivity contribution in [1.82, 2.24) is 10.5 Å². The number of ketones is 1. The molecule has 1 atom stereocenters. The Morgan fingerprint density at radius 2 is 1.68 bits per heavy atom. The van der Waals surface area contributed by atoms with Crippen LogP contribution in [0.3, 0.4) is 0 Å². The lowest BCUT2D eigenvalue weighted by Crippen LogP contribution is -2.29. The topological polar surface area (TPSA) is 243 Å². The molecule has 62 heavy (non-hydrogen) atoms. The Kier molecular flexibility index (Phi) is 18.3. The number of aliphatic carboxylic acids is 1. The molecule has 3 aromatic rings. The average Bonchev–Trinajstić information content (AvgIpc) is 3.48. The van der Waals surface area contributed by atoms with Gasteiger partial charge in [0.1, 0.15) is 19.2 Å². The van der Waals surface area contributed by atoms with Crippen LogP contribution in [-0.2, 0) is 45.8 Å². The van der Waals surface area contributed by atoms with Crippen molar-refractivity contribution in [2.24, 2.45) is 0 Å². The minimum Gasteiger partial charge on any atom is -0.778 e. The van der Waals surface area contributed by atoms with Gasteiger partial charge in [-0.2, -0.15) is 13.2 Å². The molecule has 2 aliphatic carbocycles. The van der Waals surface area contributed by atoms with Crippen molar-refractivity contribution in [3.05, 3.63) is 81.2 Å². The minimum atomic E-state index is -4.71. The first-order valence-electron chi connectivity index (χ1n) is 18.4. The molecule has 1 aromatic heterocycles. The van der Waals surface area contributed by atoms with E-state index in [0.29, 0.717) is 39.3 Å². The number of carboxylic acid groups (broad SMARTS) is 1. The molecule has 2 heterocycles. The molecule has 24 heteroatoms. The molecule has 3 N–H and O–H groups in total. The van der Waals surface area contributed by atoms with E-state index >= 15 is 0 Å². The highest BCUT2D eigenvalue weighted by Gasteiger charge is 2.41. The molecule has 2 saturated carbocycles. The summed E-state index contributed by atoms with van der Waals surface area (Å²) in [5, 5.41) is 13.6. The first-order chi connectivity index (χ1) is 28.6. The van der Waals surface area contributed by atoms with Gasteiger partial charge in [0, 0.05) is 23.8 Å². The molecular weight excluding hydrogens is 913 g/mol. The van der Waals surface area contributed by atoms with E-state index in [1.165, 1.54) is 12.3 Å². The van der Waals surface area contributed by atoms with Crippen molar-refractivity contribution < 1.29 is 78.6 Å². The second-order valence-corrected chi connectivity index (χ2v) is 21.1. The van der Waals surface area contributed by atoms with Crippen molar-refractivity contribution in [2.75, 3.05) is 42.8 Å². The van der Waals surface area contributed by atoms with Crippen molar-refractivity contribution in [3.8, 4) is 5.75 Å². The summed E-state index contributed by atoms with van der Waals surface area (Å²) >= 11 is 6.04. The lowest BCUT2D eigenvalue weighted by Gasteiger charge is -2.18. The summed E-state index contributed by atoms with van der Waals surface area (Å²) in [6, 6.07) is 4.37. The largest absolute Gasteiger partial charge is 0.778 e. The maximum absolute atomic E-state index is 14.3. The molecule has 16 nitrogen and oxygen atoms in total. The molecule has 3 aliphatic rings. The smallest absolute Gasteiger partial charge is 0.427 e. The van der Waals surface area contributed by atoms with E-state index in [9.17, 15) is 54.6 Å². The maximum Gasteiger partial charge on any atom is 0.427 e. The van der Waals surface area contributed by atoms with Crippen molar-refractivity contribution in [2.45, 2.75) is 75.5 Å². The fraction of sp³-hybridized carbons (Fsp3) is 0.447. The van der Waals surface area contributed by atoms with Crippen LogP contribution in [0.4, 0.5) is 28.0 Å². The molecule has 0 bridgehead atoms. The number of allylic oxidation sites excluding steroid dienone is 1. The number of amides is 2. The Labute approximate surface area is 362 Å². The Hall–Kier alpha value is -4.31. The van der Waals surface area contributed by atoms with Crippen LogP contribution in [0.2, 0.25) is 5.02 Å². The van der Waals surface area contributed by atoms with Crippen LogP contribution in [0.25, 0.3) is 0 Å². The molecule has 0 radical (unpaired) electrons. The number of alkyl halides is 3. The summed E-state index contributed by atoms with van der Waals surface area (Å²) in [5.41, 5.74) is -1.06. The molecule has 3 fully saturated rings. The van der Waals surface area contributed by atoms with Crippen LogP contribution >= 0.6 is 19.2 Å². The van der Waals surface area contributed by atoms with E-state index in [0.717, 1.165) is 56.9 Å². The second-order valence-electron chi connectivity index (χ2n) is 14.6. The molecule has 1 aliphatic heterocycles. The monoisotopic (exact) mass is 957 g/mol. The number of halogens is 5. The van der Waals surface area contributed by atoms with Crippen LogP contribution in [0.1, 0.15) is 85.5 Å². The Morgan fingerprint density at radius 1 is 1.08 bits per heavy atom. The second kappa shape index (κ2) is 21.9. The number of nitrogens with zero attached hydrogens (tertiary/aromatic N) is 2. The number of hydrogen-bond acceptors (Lipinski definition) is 13. The van der Waals surface area contributed by atoms with E-state index in [1.54, 1.807) is 13.8 Å². The number of benzene rings is 2. The van der Waals surface area contributed by atoms with Gasteiger partial charge in [0.15, 0.2) is 27.1 Å². The third-order valence-electron chi connectivity index (χ3n) is 8.39. The summed E-state index contributed by atoms with van der Waals surface area (Å²) < 4.78 is 102. The summed E-state index contributed by atoms with van der Waals surface area (Å²) in [6.07, 6.45) is 7.73. The first kappa shape index (κ1) is 52.0. The number of rotatable bonds is 11. The van der Waals surface area contributed by atoms with Gasteiger partial charge in [-0.3, -0.25) is 19.7 Å². The van der Waals surface area contributed by atoms with Crippen LogP contribution in [-0.4, -0.2) is 91.3 Å². The lowest BCUT2D eigenvalue weighted by molar-refractivity contribution is -0.193. The molecule has 2 aromatic carbocycles. The summed E-state index contributed by atoms with van der Waals surface area (Å²) in [7, 11) is -7.75. The number of sulfone groups is 1. The van der Waals surface area contributed by atoms with E-state index in [4.69, 9.17) is 35.6 Å². The number of nitrogens with one attached hydrogen (secondary N) is 1. The number of anilines is 1. The maximum atomic E-state index is 14.3. The van der Waals surface area contributed by atoms with E-state index < -0.39 is 76.5 Å². The number of carboxylic acids is 1. The van der Waals surface area contributed by atoms with Gasteiger partial charge in [-0.25, -0.2) is 22.5 Å². The fourth-order valence-electron chi connectivity index (χ4n) is 5.55. The number of imide groups is 1. The summed E-state index contributed by atoms with van der Waals surface area (Å²) in [4.78, 5) is 64.7. The third kappa shape index (κ3) is 15.5. The third-order valence-corrected chi connectivity index (χ3v) is 10.4. The van der Waals surface area contributed by atoms with Gasteiger partial charge in [0.2, 0.25) is 0 Å². The zero-order valence-corrected chi connectivity index (χ0v) is 37.5. The van der Waals surface area contributed by atoms with Crippen molar-refractivity contribution >= 4 is 69.4 Å². The average molecular weight is 958 g/mol. The molecule has 2 amide bonds. The highest BCUT2D eigenvalue weighted by molar-refractivity contribution is 7.94. The van der Waals surface area contributed by atoms with Crippen molar-refractivity contribution in [3.63, 3.8) is 0 Å². The lowest BCUT2D eigenvalue weighted by atomic mass is 10.0. The molecular formula is C38H45ClF4N3O13PS2. The number of hydrogen-bond donors (Lipinski definition) is 3. The predicted octanol–water partition coefficient (Wildman–Crippen LogP) is 6.44. The summed E-state index contributed by atoms with van der Waals surface area (Å²) in [6.45, 7) is 2.79. The highest BCUT2D eigenvalue weighted by atomic mass is 35.5. The summed E-state index contributed by atoms with van der Waals surface area (Å²) in [5.74, 6) is -2.83. The Bertz CT molecular complexity index is 2320. The van der Waals surface area contributed by atoms with E-state index in [2.05, 4.69) is 23.9 Å². The molecule has 1 saturated heterocycles. The van der Waals surface area contributed by atoms with Crippen LogP contribution in [0.5, 0.6) is 5.75 Å². The predicted molar refractivity (Wildman–Crippen MR) is 219 cm³/mol. The van der Waals surface area contributed by atoms with Gasteiger partial charge in [0.25, 0.3) is 0 Å². The van der Waals surface area contributed by atoms with Gasteiger partial charge in [-0.05, 0) is 93.1 Å². The quantitative estimate of drug-likeness (QED) is 0.0616. The zero-order valence-electron chi connectivity index (χ0n) is 34.2. The SMILES string of the molecule is CC(C)=C1OC(=O)N(c2cc(OC3CCCC3)c(Cl)cc2F)C1=O.CS(=O)(=O)c1cc(C(F)(F)F)ccc1C(=O)c1cnoc1C1CC1.C[S+](C)C.O=C(O)CNCP(=O)([O-])O. The Morgan fingerprint density at radius 3 is 2.16 bits per heavy atom. The van der Waals surface area contributed by atoms with Crippen molar-refractivity contribution in [1.29, 1.82) is 0 Å². The first-order valence-corrected chi connectivity index (χ1v) is 24.8. The van der Waals surface area contributed by atoms with Crippen LogP contribution in [0.15, 0.2) is 57.3 Å². The molecule has 342 valence electrons. The molecule has 6 rings (SSSR count). The van der Waals surface area contributed by atoms with Gasteiger partial charge in [0.05, 0.1) is 70.6 Å². The Balaban J connectivity index is 0.000000255. The normalized spacial score (nSPS) is 16.3. The van der Waals surface area contributed by atoms with Gasteiger partial charge in [-0.15, -0.1) is 0 Å². The highest BCUT2D eigenvalue weighted by Crippen LogP contribution is 2.43. The molecule has 0 spiro atoms. The van der Waals surface area contributed by atoms with E-state index in [-0.39, 0.29) is 45.4 Å². The number of carbonyl (C=O) groups is 4. The van der Waals surface area contributed by atoms with Gasteiger partial charge < -0.3 is 33.5 Å². The van der Waals surface area contributed by atoms with Crippen LogP contribution in [0, 0.1) is 5.82 Å². The van der Waals surface area contributed by atoms with E-state index in [1.807, 2.05) is 5.32 Å².